The first kappa shape index (κ1) is 9.97. The summed E-state index contributed by atoms with van der Waals surface area (Å²) in [7, 11) is 0. The molecule has 0 atom stereocenters. The van der Waals surface area contributed by atoms with Gasteiger partial charge in [-0.3, -0.25) is 10.4 Å². The van der Waals surface area contributed by atoms with Crippen LogP contribution in [0.25, 0.3) is 0 Å². The van der Waals surface area contributed by atoms with Gasteiger partial charge in [0.1, 0.15) is 0 Å². The number of hydrazone groups is 1. The van der Waals surface area contributed by atoms with Crippen LogP contribution in [-0.4, -0.2) is 26.4 Å². The summed E-state index contributed by atoms with van der Waals surface area (Å²) >= 11 is 0. The number of nitrogens with zero attached hydrogens (tertiary/aromatic N) is 4. The van der Waals surface area contributed by atoms with Gasteiger partial charge in [0, 0.05) is 12.4 Å². The maximum atomic E-state index is 10.8. The molecule has 0 aliphatic heterocycles. The summed E-state index contributed by atoms with van der Waals surface area (Å²) in [6, 6.07) is 3.60. The molecule has 0 aliphatic rings. The molecule has 0 bridgehead atoms. The highest BCUT2D eigenvalue weighted by molar-refractivity contribution is 5.79. The van der Waals surface area contributed by atoms with Crippen molar-refractivity contribution in [2.75, 3.05) is 5.43 Å². The zero-order valence-electron chi connectivity index (χ0n) is 8.16. The number of aromatic amines is 1. The lowest BCUT2D eigenvalue weighted by atomic mass is 10.3. The molecule has 2 rings (SSSR count). The van der Waals surface area contributed by atoms with E-state index in [1.165, 1.54) is 6.20 Å². The molecule has 0 unspecified atom stereocenters. The molecule has 2 aromatic rings. The smallest absolute Gasteiger partial charge is 0.265 e. The third-order valence-electron chi connectivity index (χ3n) is 1.67. The Balaban J connectivity index is 2.03. The van der Waals surface area contributed by atoms with Crippen LogP contribution in [0.4, 0.5) is 5.82 Å². The van der Waals surface area contributed by atoms with Gasteiger partial charge in [-0.25, -0.2) is 9.89 Å². The van der Waals surface area contributed by atoms with Crippen molar-refractivity contribution in [2.45, 2.75) is 0 Å². The van der Waals surface area contributed by atoms with E-state index in [0.717, 1.165) is 5.56 Å². The van der Waals surface area contributed by atoms with Crippen LogP contribution in [0.3, 0.4) is 0 Å². The lowest BCUT2D eigenvalue weighted by Crippen LogP contribution is -2.13. The standard InChI is InChI=1S/C9H8N6O/c16-9-13-8(6-12-15-9)14-11-5-7-1-3-10-4-2-7/h1-6H,(H2,13,14,15,16). The van der Waals surface area contributed by atoms with Crippen LogP contribution < -0.4 is 11.1 Å². The van der Waals surface area contributed by atoms with E-state index in [1.807, 2.05) is 0 Å². The molecular weight excluding hydrogens is 208 g/mol. The van der Waals surface area contributed by atoms with Crippen LogP contribution in [0, 0.1) is 0 Å². The number of anilines is 1. The van der Waals surface area contributed by atoms with Gasteiger partial charge < -0.3 is 0 Å². The molecule has 0 amide bonds. The molecule has 0 spiro atoms. The van der Waals surface area contributed by atoms with E-state index in [9.17, 15) is 4.79 Å². The number of hydrogen-bond acceptors (Lipinski definition) is 6. The Bertz CT molecular complexity index is 535. The van der Waals surface area contributed by atoms with Crippen LogP contribution in [0.2, 0.25) is 0 Å². The Kier molecular flexibility index (Phi) is 2.98. The number of pyridine rings is 1. The Morgan fingerprint density at radius 2 is 2.19 bits per heavy atom. The topological polar surface area (TPSA) is 95.9 Å². The Labute approximate surface area is 90.3 Å². The second-order valence-corrected chi connectivity index (χ2v) is 2.82. The van der Waals surface area contributed by atoms with Crippen molar-refractivity contribution in [1.29, 1.82) is 0 Å². The number of rotatable bonds is 3. The third kappa shape index (κ3) is 2.71. The fourth-order valence-electron chi connectivity index (χ4n) is 0.988. The molecule has 7 heteroatoms. The van der Waals surface area contributed by atoms with E-state index in [0.29, 0.717) is 0 Å². The highest BCUT2D eigenvalue weighted by atomic mass is 16.1. The Morgan fingerprint density at radius 1 is 1.38 bits per heavy atom. The summed E-state index contributed by atoms with van der Waals surface area (Å²) in [5.41, 5.74) is 2.95. The van der Waals surface area contributed by atoms with Crippen molar-refractivity contribution in [3.63, 3.8) is 0 Å². The highest BCUT2D eigenvalue weighted by Crippen LogP contribution is 1.94. The van der Waals surface area contributed by atoms with Crippen LogP contribution in [0.1, 0.15) is 5.56 Å². The van der Waals surface area contributed by atoms with Gasteiger partial charge in [-0.2, -0.15) is 15.2 Å². The van der Waals surface area contributed by atoms with Gasteiger partial charge in [0.2, 0.25) is 0 Å². The zero-order valence-corrected chi connectivity index (χ0v) is 8.16. The van der Waals surface area contributed by atoms with Crippen LogP contribution in [0.5, 0.6) is 0 Å². The quantitative estimate of drug-likeness (QED) is 0.556. The molecule has 2 N–H and O–H groups in total. The van der Waals surface area contributed by atoms with E-state index in [1.54, 1.807) is 30.7 Å². The first-order valence-electron chi connectivity index (χ1n) is 4.45. The summed E-state index contributed by atoms with van der Waals surface area (Å²) in [6.45, 7) is 0. The minimum Gasteiger partial charge on any atom is -0.265 e. The van der Waals surface area contributed by atoms with E-state index in [4.69, 9.17) is 0 Å². The van der Waals surface area contributed by atoms with Crippen molar-refractivity contribution in [3.8, 4) is 0 Å². The second kappa shape index (κ2) is 4.78. The Hall–Kier alpha value is -2.57. The van der Waals surface area contributed by atoms with Crippen molar-refractivity contribution in [3.05, 3.63) is 46.8 Å². The molecule has 0 saturated heterocycles. The Morgan fingerprint density at radius 3 is 2.94 bits per heavy atom. The zero-order chi connectivity index (χ0) is 11.2. The van der Waals surface area contributed by atoms with Gasteiger partial charge in [0.15, 0.2) is 5.82 Å². The average Bonchev–Trinajstić information content (AvgIpc) is 2.30. The fraction of sp³-hybridized carbons (Fsp3) is 0. The summed E-state index contributed by atoms with van der Waals surface area (Å²) in [5, 5.41) is 9.62. The van der Waals surface area contributed by atoms with Crippen molar-refractivity contribution in [1.82, 2.24) is 20.2 Å². The molecule has 2 heterocycles. The maximum absolute atomic E-state index is 10.8. The predicted octanol–water partition coefficient (Wildman–Crippen LogP) is 0.00590. The monoisotopic (exact) mass is 216 g/mol. The third-order valence-corrected chi connectivity index (χ3v) is 1.67. The molecule has 80 valence electrons. The predicted molar refractivity (Wildman–Crippen MR) is 58.1 cm³/mol. The van der Waals surface area contributed by atoms with E-state index >= 15 is 0 Å². The maximum Gasteiger partial charge on any atom is 0.363 e. The minimum absolute atomic E-state index is 0.286. The number of nitrogens with one attached hydrogen (secondary N) is 2. The summed E-state index contributed by atoms with van der Waals surface area (Å²) < 4.78 is 0. The molecule has 7 nitrogen and oxygen atoms in total. The molecule has 2 aromatic heterocycles. The molecular formula is C9H8N6O. The van der Waals surface area contributed by atoms with E-state index in [2.05, 4.69) is 30.7 Å². The first-order valence-corrected chi connectivity index (χ1v) is 4.45. The van der Waals surface area contributed by atoms with Crippen molar-refractivity contribution < 1.29 is 0 Å². The molecule has 0 saturated carbocycles. The van der Waals surface area contributed by atoms with Gasteiger partial charge in [0.25, 0.3) is 0 Å². The molecule has 16 heavy (non-hydrogen) atoms. The number of H-pyrrole nitrogens is 1. The SMILES string of the molecule is O=c1nc(NN=Cc2ccncc2)cn[nH]1. The largest absolute Gasteiger partial charge is 0.363 e. The number of hydrogen-bond donors (Lipinski definition) is 2. The molecule has 0 fully saturated rings. The van der Waals surface area contributed by atoms with E-state index < -0.39 is 5.69 Å². The summed E-state index contributed by atoms with van der Waals surface area (Å²) in [5.74, 6) is 0.286. The average molecular weight is 216 g/mol. The van der Waals surface area contributed by atoms with Gasteiger partial charge in [-0.15, -0.1) is 0 Å². The van der Waals surface area contributed by atoms with Crippen LogP contribution in [-0.2, 0) is 0 Å². The van der Waals surface area contributed by atoms with Crippen LogP contribution >= 0.6 is 0 Å². The lowest BCUT2D eigenvalue weighted by molar-refractivity contribution is 0.913. The molecule has 0 aromatic carbocycles. The summed E-state index contributed by atoms with van der Waals surface area (Å²) in [6.07, 6.45) is 6.28. The molecule has 0 aliphatic carbocycles. The first-order chi connectivity index (χ1) is 7.84. The second-order valence-electron chi connectivity index (χ2n) is 2.82. The van der Waals surface area contributed by atoms with Gasteiger partial charge in [-0.1, -0.05) is 0 Å². The van der Waals surface area contributed by atoms with Crippen molar-refractivity contribution >= 4 is 12.0 Å². The fourth-order valence-corrected chi connectivity index (χ4v) is 0.988. The van der Waals surface area contributed by atoms with Crippen molar-refractivity contribution in [2.24, 2.45) is 5.10 Å². The number of aromatic nitrogens is 4. The normalized spacial score (nSPS) is 10.5. The van der Waals surface area contributed by atoms with Gasteiger partial charge in [0.05, 0.1) is 12.4 Å². The summed E-state index contributed by atoms with van der Waals surface area (Å²) in [4.78, 5) is 18.3. The van der Waals surface area contributed by atoms with Crippen LogP contribution in [0.15, 0.2) is 40.6 Å². The lowest BCUT2D eigenvalue weighted by Gasteiger charge is -1.95. The minimum atomic E-state index is -0.524. The molecule has 0 radical (unpaired) electrons. The van der Waals surface area contributed by atoms with Gasteiger partial charge in [-0.05, 0) is 17.7 Å². The van der Waals surface area contributed by atoms with E-state index in [-0.39, 0.29) is 5.82 Å². The highest BCUT2D eigenvalue weighted by Gasteiger charge is 1.91. The van der Waals surface area contributed by atoms with Gasteiger partial charge >= 0.3 is 5.69 Å².